The van der Waals surface area contributed by atoms with Crippen molar-refractivity contribution in [2.75, 3.05) is 14.2 Å². The topological polar surface area (TPSA) is 109 Å². The number of benzene rings is 2. The van der Waals surface area contributed by atoms with E-state index < -0.39 is 0 Å². The average molecular weight is 349 g/mol. The third-order valence-electron chi connectivity index (χ3n) is 3.73. The van der Waals surface area contributed by atoms with Crippen molar-refractivity contribution < 1.29 is 9.47 Å². The summed E-state index contributed by atoms with van der Waals surface area (Å²) >= 11 is 0. The van der Waals surface area contributed by atoms with Crippen LogP contribution in [0.2, 0.25) is 0 Å². The molecule has 0 atom stereocenters. The summed E-state index contributed by atoms with van der Waals surface area (Å²) in [5.74, 6) is 1.79. The van der Waals surface area contributed by atoms with E-state index in [1.165, 1.54) is 6.20 Å². The van der Waals surface area contributed by atoms with Crippen molar-refractivity contribution in [2.45, 2.75) is 0 Å². The maximum absolute atomic E-state index is 5.46. The monoisotopic (exact) mass is 349 g/mol. The Morgan fingerprint density at radius 2 is 1.31 bits per heavy atom. The molecule has 0 aliphatic carbocycles. The van der Waals surface area contributed by atoms with Crippen molar-refractivity contribution in [2.24, 2.45) is 16.5 Å². The lowest BCUT2D eigenvalue weighted by Gasteiger charge is -2.10. The molecular weight excluding hydrogens is 330 g/mol. The minimum Gasteiger partial charge on any atom is -0.497 e. The van der Waals surface area contributed by atoms with Gasteiger partial charge in [0.1, 0.15) is 11.5 Å². The standard InChI is InChI=1S/C19H19N5O2/c1-25-14-7-3-12(4-8-14)17-18(13-5-9-15(26-2)10-6-13)23-16(11-22-17)24-19(20)21/h3-11H,1-2H3,(H4,20,21,23,24). The molecule has 26 heavy (non-hydrogen) atoms. The van der Waals surface area contributed by atoms with Gasteiger partial charge in [-0.25, -0.2) is 4.98 Å². The van der Waals surface area contributed by atoms with Gasteiger partial charge >= 0.3 is 0 Å². The number of aromatic nitrogens is 2. The average Bonchev–Trinajstić information content (AvgIpc) is 2.68. The molecule has 0 radical (unpaired) electrons. The van der Waals surface area contributed by atoms with E-state index in [2.05, 4.69) is 15.0 Å². The van der Waals surface area contributed by atoms with Gasteiger partial charge in [0.25, 0.3) is 0 Å². The molecule has 0 saturated carbocycles. The fourth-order valence-corrected chi connectivity index (χ4v) is 2.48. The second kappa shape index (κ2) is 7.52. The van der Waals surface area contributed by atoms with Crippen molar-refractivity contribution in [3.8, 4) is 34.0 Å². The van der Waals surface area contributed by atoms with Gasteiger partial charge in [-0.2, -0.15) is 4.99 Å². The molecule has 1 aromatic heterocycles. The SMILES string of the molecule is COc1ccc(-c2ncc(N=C(N)N)nc2-c2ccc(OC)cc2)cc1. The highest BCUT2D eigenvalue weighted by Crippen LogP contribution is 2.32. The minimum absolute atomic E-state index is 0.0721. The van der Waals surface area contributed by atoms with E-state index in [-0.39, 0.29) is 5.96 Å². The quantitative estimate of drug-likeness (QED) is 0.541. The van der Waals surface area contributed by atoms with Gasteiger partial charge in [0, 0.05) is 11.1 Å². The lowest BCUT2D eigenvalue weighted by Crippen LogP contribution is -2.22. The molecule has 0 saturated heterocycles. The van der Waals surface area contributed by atoms with Crippen LogP contribution in [-0.4, -0.2) is 30.1 Å². The van der Waals surface area contributed by atoms with Crippen LogP contribution in [0.3, 0.4) is 0 Å². The number of rotatable bonds is 5. The van der Waals surface area contributed by atoms with Crippen LogP contribution in [0.25, 0.3) is 22.5 Å². The molecule has 4 N–H and O–H groups in total. The lowest BCUT2D eigenvalue weighted by atomic mass is 10.0. The zero-order chi connectivity index (χ0) is 18.5. The first-order valence-electron chi connectivity index (χ1n) is 7.86. The maximum Gasteiger partial charge on any atom is 0.192 e. The van der Waals surface area contributed by atoms with Gasteiger partial charge in [-0.05, 0) is 48.5 Å². The summed E-state index contributed by atoms with van der Waals surface area (Å²) in [6.07, 6.45) is 1.53. The van der Waals surface area contributed by atoms with Gasteiger partial charge in [0.15, 0.2) is 11.8 Å². The largest absolute Gasteiger partial charge is 0.497 e. The van der Waals surface area contributed by atoms with Crippen molar-refractivity contribution in [1.29, 1.82) is 0 Å². The van der Waals surface area contributed by atoms with Crippen molar-refractivity contribution in [3.05, 3.63) is 54.7 Å². The van der Waals surface area contributed by atoms with E-state index in [4.69, 9.17) is 20.9 Å². The van der Waals surface area contributed by atoms with E-state index in [9.17, 15) is 0 Å². The number of nitrogens with zero attached hydrogens (tertiary/aromatic N) is 3. The molecular formula is C19H19N5O2. The fourth-order valence-electron chi connectivity index (χ4n) is 2.48. The van der Waals surface area contributed by atoms with Crippen LogP contribution >= 0.6 is 0 Å². The zero-order valence-electron chi connectivity index (χ0n) is 14.5. The summed E-state index contributed by atoms with van der Waals surface area (Å²) in [5.41, 5.74) is 14.1. The second-order valence-electron chi connectivity index (χ2n) is 5.42. The molecule has 0 bridgehead atoms. The second-order valence-corrected chi connectivity index (χ2v) is 5.42. The molecule has 0 fully saturated rings. The van der Waals surface area contributed by atoms with Crippen molar-refractivity contribution in [1.82, 2.24) is 9.97 Å². The molecule has 7 heteroatoms. The predicted octanol–water partition coefficient (Wildman–Crippen LogP) is 2.73. The Morgan fingerprint density at radius 3 is 1.77 bits per heavy atom. The van der Waals surface area contributed by atoms with Gasteiger partial charge in [-0.3, -0.25) is 4.98 Å². The number of hydrogen-bond acceptors (Lipinski definition) is 5. The highest BCUT2D eigenvalue weighted by molar-refractivity contribution is 5.81. The number of ether oxygens (including phenoxy) is 2. The van der Waals surface area contributed by atoms with Crippen LogP contribution in [0, 0.1) is 0 Å². The van der Waals surface area contributed by atoms with Gasteiger partial charge in [0.2, 0.25) is 0 Å². The number of hydrogen-bond donors (Lipinski definition) is 2. The summed E-state index contributed by atoms with van der Waals surface area (Å²) in [6, 6.07) is 15.2. The van der Waals surface area contributed by atoms with E-state index in [1.54, 1.807) is 14.2 Å². The Kier molecular flexibility index (Phi) is 4.98. The number of methoxy groups -OCH3 is 2. The zero-order valence-corrected chi connectivity index (χ0v) is 14.5. The van der Waals surface area contributed by atoms with Gasteiger partial charge in [-0.1, -0.05) is 0 Å². The number of aliphatic imine (C=N–C) groups is 1. The molecule has 0 amide bonds. The normalized spacial score (nSPS) is 10.2. The molecule has 3 rings (SSSR count). The third-order valence-corrected chi connectivity index (χ3v) is 3.73. The number of nitrogens with two attached hydrogens (primary N) is 2. The minimum atomic E-state index is -0.0721. The fraction of sp³-hybridized carbons (Fsp3) is 0.105. The molecule has 1 heterocycles. The van der Waals surface area contributed by atoms with E-state index in [0.29, 0.717) is 17.2 Å². The van der Waals surface area contributed by atoms with Gasteiger partial charge < -0.3 is 20.9 Å². The van der Waals surface area contributed by atoms with E-state index >= 15 is 0 Å². The Morgan fingerprint density at radius 1 is 0.808 bits per heavy atom. The summed E-state index contributed by atoms with van der Waals surface area (Å²) in [5, 5.41) is 0. The Hall–Kier alpha value is -3.61. The van der Waals surface area contributed by atoms with Crippen LogP contribution in [-0.2, 0) is 0 Å². The summed E-state index contributed by atoms with van der Waals surface area (Å²) in [6.45, 7) is 0. The molecule has 132 valence electrons. The van der Waals surface area contributed by atoms with Gasteiger partial charge in [0.05, 0.1) is 31.8 Å². The Bertz CT molecular complexity index is 918. The number of guanidine groups is 1. The molecule has 0 unspecified atom stereocenters. The van der Waals surface area contributed by atoms with Crippen LogP contribution in [0.4, 0.5) is 5.82 Å². The highest BCUT2D eigenvalue weighted by atomic mass is 16.5. The lowest BCUT2D eigenvalue weighted by molar-refractivity contribution is 0.414. The van der Waals surface area contributed by atoms with Crippen LogP contribution in [0.5, 0.6) is 11.5 Å². The maximum atomic E-state index is 5.46. The molecule has 0 aliphatic rings. The molecule has 2 aromatic carbocycles. The summed E-state index contributed by atoms with van der Waals surface area (Å²) in [7, 11) is 3.25. The molecule has 7 nitrogen and oxygen atoms in total. The van der Waals surface area contributed by atoms with Crippen LogP contribution in [0.1, 0.15) is 0 Å². The van der Waals surface area contributed by atoms with E-state index in [0.717, 1.165) is 22.6 Å². The van der Waals surface area contributed by atoms with Crippen LogP contribution in [0.15, 0.2) is 59.7 Å². The summed E-state index contributed by atoms with van der Waals surface area (Å²) < 4.78 is 10.4. The summed E-state index contributed by atoms with van der Waals surface area (Å²) in [4.78, 5) is 13.1. The van der Waals surface area contributed by atoms with E-state index in [1.807, 2.05) is 48.5 Å². The molecule has 0 aliphatic heterocycles. The molecule has 0 spiro atoms. The molecule has 3 aromatic rings. The highest BCUT2D eigenvalue weighted by Gasteiger charge is 2.13. The third kappa shape index (κ3) is 3.72. The van der Waals surface area contributed by atoms with Crippen LogP contribution < -0.4 is 20.9 Å². The smallest absolute Gasteiger partial charge is 0.192 e. The van der Waals surface area contributed by atoms with Crippen molar-refractivity contribution in [3.63, 3.8) is 0 Å². The van der Waals surface area contributed by atoms with Crippen molar-refractivity contribution >= 4 is 11.8 Å². The predicted molar refractivity (Wildman–Crippen MR) is 101 cm³/mol. The van der Waals surface area contributed by atoms with Gasteiger partial charge in [-0.15, -0.1) is 0 Å². The Balaban J connectivity index is 2.14. The first-order chi connectivity index (χ1) is 12.6. The Labute approximate surface area is 151 Å². The first kappa shape index (κ1) is 17.2. The first-order valence-corrected chi connectivity index (χ1v) is 7.86.